The molecule has 1 amide bonds. The van der Waals surface area contributed by atoms with Crippen LogP contribution in [0, 0.1) is 0 Å². The Bertz CT molecular complexity index is 1080. The van der Waals surface area contributed by atoms with E-state index in [4.69, 9.17) is 11.6 Å². The number of carbonyl (C=O) groups is 1. The van der Waals surface area contributed by atoms with Gasteiger partial charge in [-0.25, -0.2) is 0 Å². The molecule has 28 heavy (non-hydrogen) atoms. The second kappa shape index (κ2) is 6.56. The number of phenolic OH excluding ortho intramolecular Hbond substituents is 1. The van der Waals surface area contributed by atoms with Crippen LogP contribution >= 0.6 is 11.6 Å². The number of aromatic hydroxyl groups is 1. The van der Waals surface area contributed by atoms with Crippen LogP contribution in [-0.4, -0.2) is 11.0 Å². The summed E-state index contributed by atoms with van der Waals surface area (Å²) in [5.41, 5.74) is 2.15. The molecule has 0 fully saturated rings. The minimum absolute atomic E-state index is 0.0378. The highest BCUT2D eigenvalue weighted by molar-refractivity contribution is 6.30. The average Bonchev–Trinajstić information content (AvgIpc) is 2.98. The van der Waals surface area contributed by atoms with Gasteiger partial charge in [0, 0.05) is 16.3 Å². The smallest absolute Gasteiger partial charge is 0.416 e. The molecule has 1 heterocycles. The zero-order valence-electron chi connectivity index (χ0n) is 14.2. The summed E-state index contributed by atoms with van der Waals surface area (Å²) in [7, 11) is 0. The van der Waals surface area contributed by atoms with Crippen molar-refractivity contribution in [3.05, 3.63) is 82.4 Å². The number of benzene rings is 3. The van der Waals surface area contributed by atoms with Gasteiger partial charge in [-0.1, -0.05) is 35.9 Å². The molecule has 1 unspecified atom stereocenters. The van der Waals surface area contributed by atoms with E-state index in [0.29, 0.717) is 33.0 Å². The fourth-order valence-electron chi connectivity index (χ4n) is 3.36. The first kappa shape index (κ1) is 18.4. The first-order valence-electron chi connectivity index (χ1n) is 8.35. The van der Waals surface area contributed by atoms with E-state index in [1.807, 2.05) is 0 Å². The maximum Gasteiger partial charge on any atom is 0.416 e. The average molecular weight is 404 g/mol. The van der Waals surface area contributed by atoms with Crippen LogP contribution in [0.15, 0.2) is 60.7 Å². The Hall–Kier alpha value is -2.99. The van der Waals surface area contributed by atoms with Crippen LogP contribution < -0.4 is 5.32 Å². The lowest BCUT2D eigenvalue weighted by Gasteiger charge is -2.12. The predicted octanol–water partition coefficient (Wildman–Crippen LogP) is 5.82. The molecule has 4 rings (SSSR count). The molecule has 1 aliphatic rings. The van der Waals surface area contributed by atoms with Crippen molar-refractivity contribution in [2.75, 3.05) is 5.32 Å². The number of anilines is 1. The standard InChI is InChI=1S/C21H13ClF3NO2/c22-14-6-8-18(27)16(10-14)19-15-7-3-12(9-17(15)26-20(19)28)11-1-4-13(5-2-11)21(23,24)25/h1-10,19,27H,(H,26,28). The third-order valence-electron chi connectivity index (χ3n) is 4.73. The molecular formula is C21H13ClF3NO2. The fraction of sp³-hybridized carbons (Fsp3) is 0.0952. The molecule has 3 aromatic carbocycles. The molecular weight excluding hydrogens is 391 g/mol. The molecule has 1 aliphatic heterocycles. The lowest BCUT2D eigenvalue weighted by atomic mass is 9.90. The number of hydrogen-bond acceptors (Lipinski definition) is 2. The number of halogens is 4. The second-order valence-electron chi connectivity index (χ2n) is 6.50. The number of nitrogens with one attached hydrogen (secondary N) is 1. The predicted molar refractivity (Wildman–Crippen MR) is 100 cm³/mol. The number of hydrogen-bond donors (Lipinski definition) is 2. The van der Waals surface area contributed by atoms with E-state index in [9.17, 15) is 23.1 Å². The van der Waals surface area contributed by atoms with Crippen LogP contribution in [-0.2, 0) is 11.0 Å². The van der Waals surface area contributed by atoms with Crippen molar-refractivity contribution < 1.29 is 23.1 Å². The Kier molecular flexibility index (Phi) is 4.31. The SMILES string of the molecule is O=C1Nc2cc(-c3ccc(C(F)(F)F)cc3)ccc2C1c1cc(Cl)ccc1O. The lowest BCUT2D eigenvalue weighted by Crippen LogP contribution is -2.13. The van der Waals surface area contributed by atoms with E-state index < -0.39 is 17.7 Å². The monoisotopic (exact) mass is 403 g/mol. The summed E-state index contributed by atoms with van der Waals surface area (Å²) in [5, 5.41) is 13.3. The number of carbonyl (C=O) groups excluding carboxylic acids is 1. The maximum absolute atomic E-state index is 12.7. The third kappa shape index (κ3) is 3.20. The zero-order chi connectivity index (χ0) is 20.1. The Labute approximate surface area is 163 Å². The van der Waals surface area contributed by atoms with Crippen molar-refractivity contribution in [3.63, 3.8) is 0 Å². The Morgan fingerprint density at radius 1 is 0.893 bits per heavy atom. The Morgan fingerprint density at radius 3 is 2.25 bits per heavy atom. The quantitative estimate of drug-likeness (QED) is 0.566. The van der Waals surface area contributed by atoms with Crippen LogP contribution in [0.1, 0.15) is 22.6 Å². The molecule has 3 aromatic rings. The summed E-state index contributed by atoms with van der Waals surface area (Å²) < 4.78 is 38.2. The number of fused-ring (bicyclic) bond motifs is 1. The summed E-state index contributed by atoms with van der Waals surface area (Å²) in [6, 6.07) is 14.5. The first-order chi connectivity index (χ1) is 13.2. The van der Waals surface area contributed by atoms with E-state index >= 15 is 0 Å². The number of phenols is 1. The van der Waals surface area contributed by atoms with Gasteiger partial charge in [0.15, 0.2) is 0 Å². The number of rotatable bonds is 2. The fourth-order valence-corrected chi connectivity index (χ4v) is 3.54. The minimum atomic E-state index is -4.39. The largest absolute Gasteiger partial charge is 0.508 e. The first-order valence-corrected chi connectivity index (χ1v) is 8.73. The van der Waals surface area contributed by atoms with E-state index in [2.05, 4.69) is 5.32 Å². The molecule has 0 aliphatic carbocycles. The molecule has 142 valence electrons. The summed E-state index contributed by atoms with van der Waals surface area (Å²) in [6.07, 6.45) is -4.39. The van der Waals surface area contributed by atoms with Crippen molar-refractivity contribution in [2.24, 2.45) is 0 Å². The molecule has 0 saturated carbocycles. The maximum atomic E-state index is 12.7. The lowest BCUT2D eigenvalue weighted by molar-refractivity contribution is -0.137. The topological polar surface area (TPSA) is 49.3 Å². The normalized spacial score (nSPS) is 16.0. The molecule has 2 N–H and O–H groups in total. The van der Waals surface area contributed by atoms with Crippen molar-refractivity contribution in [3.8, 4) is 16.9 Å². The van der Waals surface area contributed by atoms with E-state index in [0.717, 1.165) is 12.1 Å². The van der Waals surface area contributed by atoms with Crippen LogP contribution in [0.5, 0.6) is 5.75 Å². The van der Waals surface area contributed by atoms with Crippen molar-refractivity contribution in [1.82, 2.24) is 0 Å². The van der Waals surface area contributed by atoms with Gasteiger partial charge < -0.3 is 10.4 Å². The summed E-state index contributed by atoms with van der Waals surface area (Å²) in [5.74, 6) is -1.06. The van der Waals surface area contributed by atoms with E-state index in [1.54, 1.807) is 24.3 Å². The number of alkyl halides is 3. The van der Waals surface area contributed by atoms with Gasteiger partial charge in [-0.2, -0.15) is 13.2 Å². The van der Waals surface area contributed by atoms with E-state index in [1.165, 1.54) is 24.3 Å². The summed E-state index contributed by atoms with van der Waals surface area (Å²) >= 11 is 6.00. The molecule has 0 radical (unpaired) electrons. The van der Waals surface area contributed by atoms with Crippen LogP contribution in [0.3, 0.4) is 0 Å². The summed E-state index contributed by atoms with van der Waals surface area (Å²) in [4.78, 5) is 12.5. The second-order valence-corrected chi connectivity index (χ2v) is 6.94. The van der Waals surface area contributed by atoms with Gasteiger partial charge in [0.1, 0.15) is 5.75 Å². The minimum Gasteiger partial charge on any atom is -0.508 e. The Balaban J connectivity index is 1.71. The molecule has 0 saturated heterocycles. The molecule has 0 spiro atoms. The number of amides is 1. The third-order valence-corrected chi connectivity index (χ3v) is 4.97. The van der Waals surface area contributed by atoms with Gasteiger partial charge in [-0.3, -0.25) is 4.79 Å². The van der Waals surface area contributed by atoms with E-state index in [-0.39, 0.29) is 11.7 Å². The Morgan fingerprint density at radius 2 is 1.57 bits per heavy atom. The molecule has 0 bridgehead atoms. The van der Waals surface area contributed by atoms with Crippen LogP contribution in [0.2, 0.25) is 5.02 Å². The molecule has 7 heteroatoms. The highest BCUT2D eigenvalue weighted by atomic mass is 35.5. The van der Waals surface area contributed by atoms with Gasteiger partial charge in [0.25, 0.3) is 0 Å². The molecule has 0 aromatic heterocycles. The van der Waals surface area contributed by atoms with Gasteiger partial charge in [0.2, 0.25) is 5.91 Å². The van der Waals surface area contributed by atoms with Gasteiger partial charge in [0.05, 0.1) is 11.5 Å². The van der Waals surface area contributed by atoms with Crippen molar-refractivity contribution in [1.29, 1.82) is 0 Å². The van der Waals surface area contributed by atoms with Crippen molar-refractivity contribution in [2.45, 2.75) is 12.1 Å². The van der Waals surface area contributed by atoms with Crippen LogP contribution in [0.4, 0.5) is 18.9 Å². The highest BCUT2D eigenvalue weighted by Gasteiger charge is 2.34. The van der Waals surface area contributed by atoms with Crippen molar-refractivity contribution >= 4 is 23.2 Å². The molecule has 1 atom stereocenters. The van der Waals surface area contributed by atoms with Crippen LogP contribution in [0.25, 0.3) is 11.1 Å². The van der Waals surface area contributed by atoms with Gasteiger partial charge in [-0.05, 0) is 53.1 Å². The molecule has 3 nitrogen and oxygen atoms in total. The zero-order valence-corrected chi connectivity index (χ0v) is 15.0. The highest BCUT2D eigenvalue weighted by Crippen LogP contribution is 2.43. The van der Waals surface area contributed by atoms with Gasteiger partial charge in [-0.15, -0.1) is 0 Å². The summed E-state index contributed by atoms with van der Waals surface area (Å²) in [6.45, 7) is 0. The van der Waals surface area contributed by atoms with Gasteiger partial charge >= 0.3 is 6.18 Å².